The molecule has 3 aromatic rings. The van der Waals surface area contributed by atoms with Gasteiger partial charge in [0.25, 0.3) is 0 Å². The summed E-state index contributed by atoms with van der Waals surface area (Å²) in [6.07, 6.45) is 2.52. The minimum atomic E-state index is 0.0865. The Labute approximate surface area is 157 Å². The van der Waals surface area contributed by atoms with Crippen molar-refractivity contribution in [2.75, 3.05) is 19.4 Å². The van der Waals surface area contributed by atoms with Crippen molar-refractivity contribution in [3.63, 3.8) is 0 Å². The van der Waals surface area contributed by atoms with Crippen LogP contribution < -0.4 is 4.74 Å². The average molecular weight is 366 g/mol. The molecule has 0 bridgehead atoms. The molecule has 4 rings (SSSR count). The molecule has 0 saturated carbocycles. The second kappa shape index (κ2) is 7.08. The number of para-hydroxylation sites is 1. The van der Waals surface area contributed by atoms with Gasteiger partial charge >= 0.3 is 0 Å². The second-order valence-electron chi connectivity index (χ2n) is 6.54. The van der Waals surface area contributed by atoms with Gasteiger partial charge in [0.1, 0.15) is 11.1 Å². The van der Waals surface area contributed by atoms with Crippen LogP contribution in [0.15, 0.2) is 54.7 Å². The Morgan fingerprint density at radius 1 is 1.19 bits per heavy atom. The molecule has 0 aliphatic carbocycles. The van der Waals surface area contributed by atoms with E-state index in [0.29, 0.717) is 6.42 Å². The van der Waals surface area contributed by atoms with Crippen molar-refractivity contribution in [3.8, 4) is 5.75 Å². The molecule has 1 aliphatic rings. The fraction of sp³-hybridized carbons (Fsp3) is 0.286. The number of amides is 1. The first-order valence-corrected chi connectivity index (χ1v) is 9.80. The van der Waals surface area contributed by atoms with Gasteiger partial charge in [0.05, 0.1) is 13.5 Å². The summed E-state index contributed by atoms with van der Waals surface area (Å²) >= 11 is 1.82. The van der Waals surface area contributed by atoms with E-state index in [1.165, 1.54) is 0 Å². The third kappa shape index (κ3) is 3.07. The van der Waals surface area contributed by atoms with Crippen LogP contribution in [0.2, 0.25) is 0 Å². The Kier molecular flexibility index (Phi) is 4.64. The number of aryl methyl sites for hydroxylation is 1. The van der Waals surface area contributed by atoms with Crippen LogP contribution in [0.4, 0.5) is 0 Å². The van der Waals surface area contributed by atoms with E-state index < -0.39 is 0 Å². The molecule has 1 unspecified atom stereocenters. The molecule has 0 radical (unpaired) electrons. The summed E-state index contributed by atoms with van der Waals surface area (Å²) in [5, 5.41) is 1.25. The first-order valence-electron chi connectivity index (χ1n) is 8.75. The van der Waals surface area contributed by atoms with Gasteiger partial charge in [-0.2, -0.15) is 0 Å². The number of hydrogen-bond donors (Lipinski definition) is 0. The number of thioether (sulfide) groups is 1. The van der Waals surface area contributed by atoms with Crippen LogP contribution in [0.3, 0.4) is 0 Å². The smallest absolute Gasteiger partial charge is 0.228 e. The van der Waals surface area contributed by atoms with Crippen molar-refractivity contribution in [1.29, 1.82) is 0 Å². The summed E-state index contributed by atoms with van der Waals surface area (Å²) in [6, 6.07) is 16.3. The fourth-order valence-electron chi connectivity index (χ4n) is 3.60. The summed E-state index contributed by atoms with van der Waals surface area (Å²) in [6.45, 7) is 0.797. The van der Waals surface area contributed by atoms with Gasteiger partial charge < -0.3 is 14.2 Å². The van der Waals surface area contributed by atoms with E-state index in [1.807, 2.05) is 48.0 Å². The number of ether oxygens (including phenoxy) is 1. The number of carbonyl (C=O) groups excluding carboxylic acids is 1. The number of hydrogen-bond acceptors (Lipinski definition) is 3. The molecular weight excluding hydrogens is 344 g/mol. The molecular formula is C21H22N2O2S. The van der Waals surface area contributed by atoms with Gasteiger partial charge in [0, 0.05) is 36.4 Å². The summed E-state index contributed by atoms with van der Waals surface area (Å²) < 4.78 is 7.33. The second-order valence-corrected chi connectivity index (χ2v) is 7.73. The van der Waals surface area contributed by atoms with E-state index in [4.69, 9.17) is 4.74 Å². The number of fused-ring (bicyclic) bond motifs is 1. The minimum absolute atomic E-state index is 0.0865. The molecule has 0 N–H and O–H groups in total. The number of rotatable bonds is 4. The topological polar surface area (TPSA) is 34.5 Å². The average Bonchev–Trinajstić information content (AvgIpc) is 3.28. The lowest BCUT2D eigenvalue weighted by atomic mass is 10.1. The molecule has 4 nitrogen and oxygen atoms in total. The largest absolute Gasteiger partial charge is 0.497 e. The maximum atomic E-state index is 13.1. The summed E-state index contributed by atoms with van der Waals surface area (Å²) in [5.74, 6) is 2.00. The zero-order valence-electron chi connectivity index (χ0n) is 15.0. The Bertz CT molecular complexity index is 933. The summed E-state index contributed by atoms with van der Waals surface area (Å²) in [7, 11) is 3.70. The van der Waals surface area contributed by atoms with Gasteiger partial charge in [-0.15, -0.1) is 11.8 Å². The highest BCUT2D eigenvalue weighted by atomic mass is 32.2. The first-order chi connectivity index (χ1) is 12.7. The van der Waals surface area contributed by atoms with E-state index in [-0.39, 0.29) is 11.3 Å². The molecule has 5 heteroatoms. The molecule has 1 aromatic heterocycles. The highest BCUT2D eigenvalue weighted by Crippen LogP contribution is 2.39. The molecule has 1 fully saturated rings. The van der Waals surface area contributed by atoms with Gasteiger partial charge in [-0.05, 0) is 29.3 Å². The van der Waals surface area contributed by atoms with Crippen molar-refractivity contribution in [1.82, 2.24) is 9.47 Å². The van der Waals surface area contributed by atoms with E-state index in [0.717, 1.165) is 40.1 Å². The van der Waals surface area contributed by atoms with Crippen LogP contribution >= 0.6 is 11.8 Å². The van der Waals surface area contributed by atoms with Crippen LogP contribution in [0.1, 0.15) is 16.5 Å². The maximum absolute atomic E-state index is 13.1. The monoisotopic (exact) mass is 366 g/mol. The standard InChI is InChI=1S/C21H22N2O2S/c1-22-14-16(18-5-3-4-6-19(18)22)13-20(24)23-11-12-26-21(23)15-7-9-17(25-2)10-8-15/h3-10,14,21H,11-13H2,1-2H3. The van der Waals surface area contributed by atoms with E-state index in [1.54, 1.807) is 7.11 Å². The number of nitrogens with zero attached hydrogens (tertiary/aromatic N) is 2. The lowest BCUT2D eigenvalue weighted by molar-refractivity contribution is -0.130. The SMILES string of the molecule is COc1ccc(C2SCCN2C(=O)Cc2cn(C)c3ccccc23)cc1. The van der Waals surface area contributed by atoms with E-state index >= 15 is 0 Å². The van der Waals surface area contributed by atoms with Crippen LogP contribution in [0.5, 0.6) is 5.75 Å². The number of aromatic nitrogens is 1. The van der Waals surface area contributed by atoms with Gasteiger partial charge in [-0.1, -0.05) is 30.3 Å². The van der Waals surface area contributed by atoms with Gasteiger partial charge in [-0.3, -0.25) is 4.79 Å². The lowest BCUT2D eigenvalue weighted by Crippen LogP contribution is -2.31. The maximum Gasteiger partial charge on any atom is 0.228 e. The predicted octanol–water partition coefficient (Wildman–Crippen LogP) is 4.00. The number of carbonyl (C=O) groups is 1. The van der Waals surface area contributed by atoms with Crippen molar-refractivity contribution >= 4 is 28.6 Å². The Balaban J connectivity index is 1.56. The van der Waals surface area contributed by atoms with E-state index in [9.17, 15) is 4.79 Å². The first kappa shape index (κ1) is 17.0. The van der Waals surface area contributed by atoms with Crippen LogP contribution in [0.25, 0.3) is 10.9 Å². The zero-order valence-corrected chi connectivity index (χ0v) is 15.8. The zero-order chi connectivity index (χ0) is 18.1. The molecule has 134 valence electrons. The summed E-state index contributed by atoms with van der Waals surface area (Å²) in [4.78, 5) is 15.1. The molecule has 0 spiro atoms. The van der Waals surface area contributed by atoms with Gasteiger partial charge in [0.2, 0.25) is 5.91 Å². The molecule has 1 amide bonds. The molecule has 1 aliphatic heterocycles. The lowest BCUT2D eigenvalue weighted by Gasteiger charge is -2.24. The molecule has 1 atom stereocenters. The van der Waals surface area contributed by atoms with Crippen LogP contribution in [0, 0.1) is 0 Å². The normalized spacial score (nSPS) is 17.0. The molecule has 26 heavy (non-hydrogen) atoms. The summed E-state index contributed by atoms with van der Waals surface area (Å²) in [5.41, 5.74) is 3.41. The van der Waals surface area contributed by atoms with Crippen LogP contribution in [-0.2, 0) is 18.3 Å². The quantitative estimate of drug-likeness (QED) is 0.700. The molecule has 2 heterocycles. The van der Waals surface area contributed by atoms with Crippen molar-refractivity contribution < 1.29 is 9.53 Å². The third-order valence-corrected chi connectivity index (χ3v) is 6.19. The Morgan fingerprint density at radius 2 is 1.96 bits per heavy atom. The molecule has 2 aromatic carbocycles. The highest BCUT2D eigenvalue weighted by Gasteiger charge is 2.30. The molecule has 1 saturated heterocycles. The highest BCUT2D eigenvalue weighted by molar-refractivity contribution is 7.99. The predicted molar refractivity (Wildman–Crippen MR) is 107 cm³/mol. The van der Waals surface area contributed by atoms with Crippen molar-refractivity contribution in [2.45, 2.75) is 11.8 Å². The number of methoxy groups -OCH3 is 1. The van der Waals surface area contributed by atoms with Gasteiger partial charge in [-0.25, -0.2) is 0 Å². The van der Waals surface area contributed by atoms with Gasteiger partial charge in [0.15, 0.2) is 0 Å². The Hall–Kier alpha value is -2.40. The van der Waals surface area contributed by atoms with Crippen molar-refractivity contribution in [3.05, 3.63) is 65.9 Å². The van der Waals surface area contributed by atoms with E-state index in [2.05, 4.69) is 35.0 Å². The Morgan fingerprint density at radius 3 is 2.73 bits per heavy atom. The number of benzene rings is 2. The fourth-order valence-corrected chi connectivity index (χ4v) is 4.88. The third-order valence-electron chi connectivity index (χ3n) is 4.93. The van der Waals surface area contributed by atoms with Crippen LogP contribution in [-0.4, -0.2) is 34.8 Å². The van der Waals surface area contributed by atoms with Crippen molar-refractivity contribution in [2.24, 2.45) is 7.05 Å². The minimum Gasteiger partial charge on any atom is -0.497 e.